The van der Waals surface area contributed by atoms with Crippen molar-refractivity contribution < 1.29 is 0 Å². The van der Waals surface area contributed by atoms with Crippen LogP contribution in [0.2, 0.25) is 0 Å². The Balaban J connectivity index is 5.60. The maximum Gasteiger partial charge on any atom is -0.0247 e. The molecular weight excluding hydrogens is 216 g/mol. The predicted molar refractivity (Wildman–Crippen MR) is 84.8 cm³/mol. The quantitative estimate of drug-likeness (QED) is 0.544. The first-order chi connectivity index (χ1) is 7.60. The van der Waals surface area contributed by atoms with E-state index in [2.05, 4.69) is 83.1 Å². The summed E-state index contributed by atoms with van der Waals surface area (Å²) < 4.78 is 0. The Kier molecular flexibility index (Phi) is 4.84. The minimum atomic E-state index is 0.293. The highest BCUT2D eigenvalue weighted by molar-refractivity contribution is 5.01. The van der Waals surface area contributed by atoms with E-state index in [0.29, 0.717) is 33.5 Å². The summed E-state index contributed by atoms with van der Waals surface area (Å²) in [6, 6.07) is 0. The van der Waals surface area contributed by atoms with E-state index in [1.165, 1.54) is 0 Å². The van der Waals surface area contributed by atoms with E-state index >= 15 is 0 Å². The van der Waals surface area contributed by atoms with Gasteiger partial charge in [0, 0.05) is 0 Å². The summed E-state index contributed by atoms with van der Waals surface area (Å²) in [5.74, 6) is 1.37. The molecule has 1 unspecified atom stereocenters. The Bertz CT molecular complexity index is 271. The van der Waals surface area contributed by atoms with Crippen LogP contribution in [0.15, 0.2) is 0 Å². The molecule has 0 aliphatic rings. The van der Waals surface area contributed by atoms with Gasteiger partial charge < -0.3 is 0 Å². The van der Waals surface area contributed by atoms with E-state index in [-0.39, 0.29) is 0 Å². The normalized spacial score (nSPS) is 17.2. The summed E-state index contributed by atoms with van der Waals surface area (Å²) in [7, 11) is 0. The number of rotatable bonds is 4. The van der Waals surface area contributed by atoms with Gasteiger partial charge in [0.05, 0.1) is 0 Å². The highest BCUT2D eigenvalue weighted by Gasteiger charge is 2.53. The van der Waals surface area contributed by atoms with Crippen LogP contribution in [0.4, 0.5) is 0 Å². The molecule has 0 aliphatic heterocycles. The zero-order chi connectivity index (χ0) is 15.2. The van der Waals surface area contributed by atoms with Crippen molar-refractivity contribution in [1.82, 2.24) is 0 Å². The van der Waals surface area contributed by atoms with Gasteiger partial charge >= 0.3 is 0 Å². The van der Waals surface area contributed by atoms with Crippen LogP contribution in [0.1, 0.15) is 83.1 Å². The van der Waals surface area contributed by atoms with E-state index < -0.39 is 0 Å². The summed E-state index contributed by atoms with van der Waals surface area (Å²) in [6.07, 6.45) is 0. The SMILES string of the molecule is CC(C)C(C)(C)C(C)(C)C(C)(C)C(C)C(C)(C)C. The van der Waals surface area contributed by atoms with Crippen LogP contribution < -0.4 is 0 Å². The fourth-order valence-electron chi connectivity index (χ4n) is 3.18. The van der Waals surface area contributed by atoms with Crippen LogP contribution in [0.3, 0.4) is 0 Å². The minimum absolute atomic E-state index is 0.293. The summed E-state index contributed by atoms with van der Waals surface area (Å²) in [4.78, 5) is 0. The fourth-order valence-corrected chi connectivity index (χ4v) is 3.18. The van der Waals surface area contributed by atoms with Crippen molar-refractivity contribution in [3.8, 4) is 0 Å². The van der Waals surface area contributed by atoms with Gasteiger partial charge in [-0.3, -0.25) is 0 Å². The molecule has 0 radical (unpaired) electrons. The molecule has 110 valence electrons. The second kappa shape index (κ2) is 4.84. The molecule has 0 aromatic heterocycles. The van der Waals surface area contributed by atoms with Crippen LogP contribution in [-0.4, -0.2) is 0 Å². The van der Waals surface area contributed by atoms with Gasteiger partial charge in [-0.15, -0.1) is 0 Å². The molecule has 0 amide bonds. The Morgan fingerprint density at radius 3 is 1.11 bits per heavy atom. The highest BCUT2D eigenvalue weighted by Crippen LogP contribution is 2.60. The van der Waals surface area contributed by atoms with Crippen molar-refractivity contribution in [1.29, 1.82) is 0 Å². The molecule has 0 aliphatic carbocycles. The zero-order valence-electron chi connectivity index (χ0n) is 15.2. The van der Waals surface area contributed by atoms with Crippen molar-refractivity contribution in [3.05, 3.63) is 0 Å². The zero-order valence-corrected chi connectivity index (χ0v) is 15.2. The Morgan fingerprint density at radius 1 is 0.556 bits per heavy atom. The van der Waals surface area contributed by atoms with E-state index in [4.69, 9.17) is 0 Å². The lowest BCUT2D eigenvalue weighted by Gasteiger charge is -2.59. The molecule has 0 saturated carbocycles. The van der Waals surface area contributed by atoms with E-state index in [1.54, 1.807) is 0 Å². The van der Waals surface area contributed by atoms with E-state index in [1.807, 2.05) is 0 Å². The molecule has 0 nitrogen and oxygen atoms in total. The molecule has 0 heteroatoms. The fraction of sp³-hybridized carbons (Fsp3) is 1.00. The third-order valence-electron chi connectivity index (χ3n) is 7.05. The molecule has 0 aromatic rings. The molecule has 0 aromatic carbocycles. The van der Waals surface area contributed by atoms with Crippen molar-refractivity contribution >= 4 is 0 Å². The van der Waals surface area contributed by atoms with Crippen LogP contribution in [0.25, 0.3) is 0 Å². The van der Waals surface area contributed by atoms with E-state index in [0.717, 1.165) is 0 Å². The standard InChI is InChI=1S/C18H38/c1-13(2)16(7,8)18(11,12)17(9,10)14(3)15(4,5)6/h13-14H,1-12H3. The lowest BCUT2D eigenvalue weighted by Crippen LogP contribution is -2.52. The van der Waals surface area contributed by atoms with Gasteiger partial charge in [-0.25, -0.2) is 0 Å². The Labute approximate surface area is 117 Å². The van der Waals surface area contributed by atoms with Crippen LogP contribution in [-0.2, 0) is 0 Å². The minimum Gasteiger partial charge on any atom is -0.0622 e. The molecule has 18 heavy (non-hydrogen) atoms. The van der Waals surface area contributed by atoms with Crippen molar-refractivity contribution in [2.24, 2.45) is 33.5 Å². The maximum absolute atomic E-state index is 2.47. The van der Waals surface area contributed by atoms with Crippen LogP contribution in [0, 0.1) is 33.5 Å². The highest BCUT2D eigenvalue weighted by atomic mass is 14.6. The average Bonchev–Trinajstić information content (AvgIpc) is 2.14. The average molecular weight is 255 g/mol. The molecule has 0 heterocycles. The van der Waals surface area contributed by atoms with Crippen LogP contribution >= 0.6 is 0 Å². The van der Waals surface area contributed by atoms with Gasteiger partial charge in [-0.1, -0.05) is 83.1 Å². The molecular formula is C18H38. The maximum atomic E-state index is 2.47. The topological polar surface area (TPSA) is 0 Å². The van der Waals surface area contributed by atoms with Gasteiger partial charge in [0.1, 0.15) is 0 Å². The molecule has 1 atom stereocenters. The van der Waals surface area contributed by atoms with E-state index in [9.17, 15) is 0 Å². The molecule has 0 fully saturated rings. The van der Waals surface area contributed by atoms with Crippen molar-refractivity contribution in [2.75, 3.05) is 0 Å². The molecule has 0 spiro atoms. The number of hydrogen-bond donors (Lipinski definition) is 0. The second-order valence-corrected chi connectivity index (χ2v) is 9.31. The summed E-state index contributed by atoms with van der Waals surface area (Å²) in [5.41, 5.74) is 1.28. The first-order valence-corrected chi connectivity index (χ1v) is 7.60. The summed E-state index contributed by atoms with van der Waals surface area (Å²) >= 11 is 0. The van der Waals surface area contributed by atoms with Crippen LogP contribution in [0.5, 0.6) is 0 Å². The Hall–Kier alpha value is 0. The largest absolute Gasteiger partial charge is 0.0622 e. The molecule has 0 rings (SSSR count). The molecule has 0 N–H and O–H groups in total. The summed E-state index contributed by atoms with van der Waals surface area (Å²) in [6.45, 7) is 29.0. The third-order valence-corrected chi connectivity index (χ3v) is 7.05. The second-order valence-electron chi connectivity index (χ2n) is 9.31. The monoisotopic (exact) mass is 254 g/mol. The predicted octanol–water partition coefficient (Wildman–Crippen LogP) is 6.40. The number of hydrogen-bond acceptors (Lipinski definition) is 0. The smallest absolute Gasteiger partial charge is 0.0247 e. The molecule has 0 saturated heterocycles. The van der Waals surface area contributed by atoms with Gasteiger partial charge in [0.15, 0.2) is 0 Å². The third kappa shape index (κ3) is 2.78. The summed E-state index contributed by atoms with van der Waals surface area (Å²) in [5, 5.41) is 0. The van der Waals surface area contributed by atoms with Gasteiger partial charge in [0.25, 0.3) is 0 Å². The Morgan fingerprint density at radius 2 is 0.889 bits per heavy atom. The first kappa shape index (κ1) is 18.0. The molecule has 0 bridgehead atoms. The van der Waals surface area contributed by atoms with Gasteiger partial charge in [0.2, 0.25) is 0 Å². The van der Waals surface area contributed by atoms with Gasteiger partial charge in [-0.05, 0) is 33.5 Å². The first-order valence-electron chi connectivity index (χ1n) is 7.60. The van der Waals surface area contributed by atoms with Crippen molar-refractivity contribution in [2.45, 2.75) is 83.1 Å². The van der Waals surface area contributed by atoms with Crippen molar-refractivity contribution in [3.63, 3.8) is 0 Å². The lowest BCUT2D eigenvalue weighted by atomic mass is 9.46. The van der Waals surface area contributed by atoms with Gasteiger partial charge in [-0.2, -0.15) is 0 Å². The lowest BCUT2D eigenvalue weighted by molar-refractivity contribution is -0.101.